The number of hydrogen-bond acceptors (Lipinski definition) is 6. The van der Waals surface area contributed by atoms with Crippen LogP contribution in [0.5, 0.6) is 0 Å². The molecule has 0 aliphatic carbocycles. The minimum Gasteiger partial charge on any atom is -0.452 e. The Bertz CT molecular complexity index is 553. The quantitative estimate of drug-likeness (QED) is 0.594. The number of benzene rings is 1. The molecule has 0 fully saturated rings. The Labute approximate surface area is 102 Å². The van der Waals surface area contributed by atoms with E-state index in [9.17, 15) is 23.3 Å². The monoisotopic (exact) mass is 275 g/mol. The standard InChI is InChI=1S/C8H9N3O6S/c1-17-8(12)9-10-18(15,16)7-4-2-6(3-5-7)11(13)14/h2-5,10H,1H3,(H,9,12). The number of nitro benzene ring substituents is 1. The Hall–Kier alpha value is -2.20. The summed E-state index contributed by atoms with van der Waals surface area (Å²) in [6.07, 6.45) is -0.986. The fraction of sp³-hybridized carbons (Fsp3) is 0.125. The lowest BCUT2D eigenvalue weighted by atomic mass is 10.3. The van der Waals surface area contributed by atoms with E-state index in [0.717, 1.165) is 31.4 Å². The van der Waals surface area contributed by atoms with Gasteiger partial charge in [-0.2, -0.15) is 0 Å². The summed E-state index contributed by atoms with van der Waals surface area (Å²) < 4.78 is 27.3. The highest BCUT2D eigenvalue weighted by atomic mass is 32.2. The average molecular weight is 275 g/mol. The largest absolute Gasteiger partial charge is 0.452 e. The molecule has 0 heterocycles. The minimum absolute atomic E-state index is 0.232. The Kier molecular flexibility index (Phi) is 4.18. The van der Waals surface area contributed by atoms with Gasteiger partial charge in [0, 0.05) is 12.1 Å². The maximum absolute atomic E-state index is 11.6. The third-order valence-electron chi connectivity index (χ3n) is 1.83. The van der Waals surface area contributed by atoms with Crippen molar-refractivity contribution in [2.45, 2.75) is 4.90 Å². The van der Waals surface area contributed by atoms with Crippen LogP contribution in [0.25, 0.3) is 0 Å². The number of nitro groups is 1. The van der Waals surface area contributed by atoms with Crippen LogP contribution in [0.2, 0.25) is 0 Å². The number of methoxy groups -OCH3 is 1. The van der Waals surface area contributed by atoms with Gasteiger partial charge in [0.25, 0.3) is 15.7 Å². The van der Waals surface area contributed by atoms with Crippen molar-refractivity contribution in [1.82, 2.24) is 10.3 Å². The van der Waals surface area contributed by atoms with Crippen molar-refractivity contribution in [3.63, 3.8) is 0 Å². The fourth-order valence-corrected chi connectivity index (χ4v) is 1.80. The molecular formula is C8H9N3O6S. The zero-order chi connectivity index (χ0) is 13.8. The Morgan fingerprint density at radius 3 is 2.33 bits per heavy atom. The predicted molar refractivity (Wildman–Crippen MR) is 59.0 cm³/mol. The molecule has 0 aliphatic rings. The van der Waals surface area contributed by atoms with E-state index in [1.54, 1.807) is 10.3 Å². The maximum atomic E-state index is 11.6. The maximum Gasteiger partial charge on any atom is 0.422 e. The molecule has 1 aromatic carbocycles. The van der Waals surface area contributed by atoms with Crippen LogP contribution >= 0.6 is 0 Å². The van der Waals surface area contributed by atoms with E-state index in [1.165, 1.54) is 0 Å². The summed E-state index contributed by atoms with van der Waals surface area (Å²) in [7, 11) is -2.93. The summed E-state index contributed by atoms with van der Waals surface area (Å²) >= 11 is 0. The van der Waals surface area contributed by atoms with Crippen LogP contribution in [-0.2, 0) is 14.8 Å². The molecule has 0 spiro atoms. The number of nitrogens with zero attached hydrogens (tertiary/aromatic N) is 1. The van der Waals surface area contributed by atoms with E-state index in [-0.39, 0.29) is 10.6 Å². The molecular weight excluding hydrogens is 266 g/mol. The van der Waals surface area contributed by atoms with Crippen molar-refractivity contribution in [1.29, 1.82) is 0 Å². The topological polar surface area (TPSA) is 128 Å². The SMILES string of the molecule is COC(=O)NNS(=O)(=O)c1ccc([N+](=O)[O-])cc1. The third kappa shape index (κ3) is 3.40. The first-order valence-corrected chi connectivity index (χ1v) is 5.95. The molecule has 18 heavy (non-hydrogen) atoms. The molecule has 1 rings (SSSR count). The molecule has 0 aromatic heterocycles. The number of non-ortho nitro benzene ring substituents is 1. The lowest BCUT2D eigenvalue weighted by Gasteiger charge is -2.06. The lowest BCUT2D eigenvalue weighted by molar-refractivity contribution is -0.384. The Morgan fingerprint density at radius 2 is 1.89 bits per heavy atom. The van der Waals surface area contributed by atoms with Gasteiger partial charge >= 0.3 is 6.09 Å². The third-order valence-corrected chi connectivity index (χ3v) is 3.09. The van der Waals surface area contributed by atoms with Gasteiger partial charge in [0.05, 0.1) is 16.9 Å². The molecule has 2 N–H and O–H groups in total. The summed E-state index contributed by atoms with van der Waals surface area (Å²) in [6, 6.07) is 4.15. The summed E-state index contributed by atoms with van der Waals surface area (Å²) in [4.78, 5) is 21.9. The Balaban J connectivity index is 2.85. The van der Waals surface area contributed by atoms with Gasteiger partial charge in [-0.1, -0.05) is 0 Å². The van der Waals surface area contributed by atoms with Crippen molar-refractivity contribution in [2.24, 2.45) is 0 Å². The van der Waals surface area contributed by atoms with Gasteiger partial charge in [-0.25, -0.2) is 18.6 Å². The van der Waals surface area contributed by atoms with Crippen molar-refractivity contribution in [3.05, 3.63) is 34.4 Å². The molecule has 98 valence electrons. The second-order valence-electron chi connectivity index (χ2n) is 2.97. The van der Waals surface area contributed by atoms with E-state index < -0.39 is 21.0 Å². The number of nitrogens with one attached hydrogen (secondary N) is 2. The normalized spacial score (nSPS) is 10.7. The van der Waals surface area contributed by atoms with Gasteiger partial charge in [-0.05, 0) is 12.1 Å². The second kappa shape index (κ2) is 5.42. The number of rotatable bonds is 4. The molecule has 0 aliphatic heterocycles. The van der Waals surface area contributed by atoms with Crippen LogP contribution in [-0.4, -0.2) is 26.5 Å². The van der Waals surface area contributed by atoms with E-state index in [2.05, 4.69) is 4.74 Å². The predicted octanol–water partition coefficient (Wildman–Crippen LogP) is 0.144. The molecule has 1 amide bonds. The smallest absolute Gasteiger partial charge is 0.422 e. The summed E-state index contributed by atoms with van der Waals surface area (Å²) in [5.74, 6) is 0. The first-order valence-electron chi connectivity index (χ1n) is 4.47. The number of hydrazine groups is 1. The second-order valence-corrected chi connectivity index (χ2v) is 4.66. The first kappa shape index (κ1) is 13.9. The Morgan fingerprint density at radius 1 is 1.33 bits per heavy atom. The molecule has 0 unspecified atom stereocenters. The van der Waals surface area contributed by atoms with Crippen LogP contribution < -0.4 is 10.3 Å². The number of sulfonamides is 1. The van der Waals surface area contributed by atoms with Crippen LogP contribution in [0.15, 0.2) is 29.2 Å². The van der Waals surface area contributed by atoms with Gasteiger partial charge in [-0.3, -0.25) is 10.1 Å². The summed E-state index contributed by atoms with van der Waals surface area (Å²) in [6.45, 7) is 0. The fourth-order valence-electron chi connectivity index (χ4n) is 0.966. The van der Waals surface area contributed by atoms with E-state index in [1.807, 2.05) is 0 Å². The number of carbonyl (C=O) groups is 1. The average Bonchev–Trinajstić information content (AvgIpc) is 2.36. The molecule has 0 saturated heterocycles. The highest BCUT2D eigenvalue weighted by Crippen LogP contribution is 2.15. The van der Waals surface area contributed by atoms with E-state index in [0.29, 0.717) is 0 Å². The van der Waals surface area contributed by atoms with Gasteiger partial charge < -0.3 is 4.74 Å². The van der Waals surface area contributed by atoms with Crippen molar-refractivity contribution < 1.29 is 22.9 Å². The van der Waals surface area contributed by atoms with Crippen molar-refractivity contribution >= 4 is 21.8 Å². The zero-order valence-corrected chi connectivity index (χ0v) is 9.93. The van der Waals surface area contributed by atoms with Crippen LogP contribution in [0, 0.1) is 10.1 Å². The van der Waals surface area contributed by atoms with E-state index >= 15 is 0 Å². The first-order chi connectivity index (χ1) is 8.36. The zero-order valence-electron chi connectivity index (χ0n) is 9.11. The van der Waals surface area contributed by atoms with Gasteiger partial charge in [0.15, 0.2) is 0 Å². The molecule has 1 aromatic rings. The molecule has 0 saturated carbocycles. The molecule has 10 heteroatoms. The summed E-state index contributed by atoms with van der Waals surface area (Å²) in [5, 5.41) is 10.4. The molecule has 0 radical (unpaired) electrons. The van der Waals surface area contributed by atoms with Crippen LogP contribution in [0.4, 0.5) is 10.5 Å². The molecule has 9 nitrogen and oxygen atoms in total. The van der Waals surface area contributed by atoms with E-state index in [4.69, 9.17) is 0 Å². The number of ether oxygens (including phenoxy) is 1. The van der Waals surface area contributed by atoms with Crippen LogP contribution in [0.1, 0.15) is 0 Å². The minimum atomic E-state index is -3.99. The number of carbonyl (C=O) groups excluding carboxylic acids is 1. The van der Waals surface area contributed by atoms with Crippen molar-refractivity contribution in [3.8, 4) is 0 Å². The number of amides is 1. The van der Waals surface area contributed by atoms with Gasteiger partial charge in [-0.15, -0.1) is 4.83 Å². The van der Waals surface area contributed by atoms with Crippen LogP contribution in [0.3, 0.4) is 0 Å². The number of hydrogen-bond donors (Lipinski definition) is 2. The van der Waals surface area contributed by atoms with Crippen molar-refractivity contribution in [2.75, 3.05) is 7.11 Å². The lowest BCUT2D eigenvalue weighted by Crippen LogP contribution is -2.41. The highest BCUT2D eigenvalue weighted by molar-refractivity contribution is 7.89. The van der Waals surface area contributed by atoms with Gasteiger partial charge in [0.1, 0.15) is 0 Å². The molecule has 0 atom stereocenters. The molecule has 0 bridgehead atoms. The van der Waals surface area contributed by atoms with Gasteiger partial charge in [0.2, 0.25) is 0 Å². The summed E-state index contributed by atoms with van der Waals surface area (Å²) in [5.41, 5.74) is 1.53. The highest BCUT2D eigenvalue weighted by Gasteiger charge is 2.16.